The van der Waals surface area contributed by atoms with E-state index < -0.39 is 0 Å². The third-order valence-electron chi connectivity index (χ3n) is 2.69. The summed E-state index contributed by atoms with van der Waals surface area (Å²) in [5.74, 6) is 0.146. The lowest BCUT2D eigenvalue weighted by atomic mass is 10.0. The highest BCUT2D eigenvalue weighted by Gasteiger charge is 2.18. The van der Waals surface area contributed by atoms with Crippen molar-refractivity contribution < 1.29 is 4.79 Å². The summed E-state index contributed by atoms with van der Waals surface area (Å²) < 4.78 is 0. The van der Waals surface area contributed by atoms with Crippen LogP contribution in [0.15, 0.2) is 30.3 Å². The van der Waals surface area contributed by atoms with Crippen LogP contribution in [0.5, 0.6) is 0 Å². The third-order valence-corrected chi connectivity index (χ3v) is 2.69. The predicted molar refractivity (Wildman–Crippen MR) is 73.9 cm³/mol. The van der Waals surface area contributed by atoms with Crippen LogP contribution in [0.25, 0.3) is 0 Å². The van der Waals surface area contributed by atoms with Crippen molar-refractivity contribution >= 4 is 5.91 Å². The molecule has 17 heavy (non-hydrogen) atoms. The number of hydrogen-bond acceptors (Lipinski definition) is 1. The molecule has 0 saturated heterocycles. The minimum absolute atomic E-state index is 0.146. The SMILES string of the molecule is CC.CCC(c1ccccc1)N(CC)C(C)=O. The summed E-state index contributed by atoms with van der Waals surface area (Å²) >= 11 is 0. The fourth-order valence-electron chi connectivity index (χ4n) is 1.97. The highest BCUT2D eigenvalue weighted by atomic mass is 16.2. The van der Waals surface area contributed by atoms with Crippen molar-refractivity contribution in [1.82, 2.24) is 4.90 Å². The number of carbonyl (C=O) groups is 1. The smallest absolute Gasteiger partial charge is 0.219 e. The monoisotopic (exact) mass is 235 g/mol. The Balaban J connectivity index is 0.00000121. The van der Waals surface area contributed by atoms with Crippen LogP contribution in [0.2, 0.25) is 0 Å². The Bertz CT molecular complexity index is 308. The van der Waals surface area contributed by atoms with Crippen LogP contribution < -0.4 is 0 Å². The molecule has 0 spiro atoms. The molecule has 0 radical (unpaired) electrons. The number of rotatable bonds is 4. The van der Waals surface area contributed by atoms with Crippen molar-refractivity contribution in [2.24, 2.45) is 0 Å². The topological polar surface area (TPSA) is 20.3 Å². The second kappa shape index (κ2) is 8.80. The third kappa shape index (κ3) is 4.59. The lowest BCUT2D eigenvalue weighted by Gasteiger charge is -2.29. The Morgan fingerprint density at radius 3 is 2.06 bits per heavy atom. The molecule has 1 rings (SSSR count). The summed E-state index contributed by atoms with van der Waals surface area (Å²) in [4.78, 5) is 13.4. The Kier molecular flexibility index (Phi) is 8.12. The number of benzene rings is 1. The molecule has 96 valence electrons. The number of hydrogen-bond donors (Lipinski definition) is 0. The standard InChI is InChI=1S/C13H19NO.C2H6/c1-4-13(14(5-2)11(3)15)12-9-7-6-8-10-12;1-2/h6-10,13H,4-5H2,1-3H3;1-2H3. The van der Waals surface area contributed by atoms with E-state index in [9.17, 15) is 4.79 Å². The second-order valence-corrected chi connectivity index (χ2v) is 3.64. The molecule has 1 amide bonds. The second-order valence-electron chi connectivity index (χ2n) is 3.64. The Morgan fingerprint density at radius 2 is 1.71 bits per heavy atom. The molecule has 1 atom stereocenters. The van der Waals surface area contributed by atoms with E-state index in [1.54, 1.807) is 6.92 Å². The minimum atomic E-state index is 0.146. The molecule has 1 unspecified atom stereocenters. The minimum Gasteiger partial charge on any atom is -0.336 e. The van der Waals surface area contributed by atoms with Crippen LogP contribution in [0, 0.1) is 0 Å². The fraction of sp³-hybridized carbons (Fsp3) is 0.533. The first-order valence-corrected chi connectivity index (χ1v) is 6.52. The number of amides is 1. The van der Waals surface area contributed by atoms with Gasteiger partial charge >= 0.3 is 0 Å². The molecule has 0 N–H and O–H groups in total. The Labute approximate surface area is 106 Å². The summed E-state index contributed by atoms with van der Waals surface area (Å²) in [6.45, 7) is 10.5. The molecular formula is C15H25NO. The van der Waals surface area contributed by atoms with Crippen molar-refractivity contribution in [2.45, 2.75) is 47.1 Å². The van der Waals surface area contributed by atoms with Gasteiger partial charge in [-0.15, -0.1) is 0 Å². The molecule has 2 heteroatoms. The van der Waals surface area contributed by atoms with Crippen molar-refractivity contribution in [3.8, 4) is 0 Å². The number of nitrogens with zero attached hydrogens (tertiary/aromatic N) is 1. The maximum absolute atomic E-state index is 11.5. The zero-order chi connectivity index (χ0) is 13.3. The van der Waals surface area contributed by atoms with Crippen molar-refractivity contribution in [3.05, 3.63) is 35.9 Å². The molecular weight excluding hydrogens is 210 g/mol. The summed E-state index contributed by atoms with van der Waals surface area (Å²) in [5, 5.41) is 0. The zero-order valence-corrected chi connectivity index (χ0v) is 11.7. The van der Waals surface area contributed by atoms with Gasteiger partial charge in [-0.1, -0.05) is 51.1 Å². The fourth-order valence-corrected chi connectivity index (χ4v) is 1.97. The van der Waals surface area contributed by atoms with Crippen LogP contribution in [-0.4, -0.2) is 17.4 Å². The first kappa shape index (κ1) is 15.7. The van der Waals surface area contributed by atoms with E-state index >= 15 is 0 Å². The maximum Gasteiger partial charge on any atom is 0.219 e. The molecule has 2 nitrogen and oxygen atoms in total. The van der Waals surface area contributed by atoms with Crippen molar-refractivity contribution in [3.63, 3.8) is 0 Å². The molecule has 0 saturated carbocycles. The largest absolute Gasteiger partial charge is 0.336 e. The zero-order valence-electron chi connectivity index (χ0n) is 11.7. The van der Waals surface area contributed by atoms with E-state index in [0.717, 1.165) is 13.0 Å². The van der Waals surface area contributed by atoms with Crippen LogP contribution >= 0.6 is 0 Å². The maximum atomic E-state index is 11.5. The van der Waals surface area contributed by atoms with E-state index in [1.807, 2.05) is 43.9 Å². The molecule has 0 bridgehead atoms. The van der Waals surface area contributed by atoms with Crippen molar-refractivity contribution in [2.75, 3.05) is 6.54 Å². The van der Waals surface area contributed by atoms with E-state index in [2.05, 4.69) is 19.1 Å². The quantitative estimate of drug-likeness (QED) is 0.771. The average Bonchev–Trinajstić information content (AvgIpc) is 2.38. The molecule has 0 aliphatic rings. The molecule has 1 aromatic carbocycles. The highest BCUT2D eigenvalue weighted by molar-refractivity contribution is 5.73. The van der Waals surface area contributed by atoms with Gasteiger partial charge in [0.1, 0.15) is 0 Å². The Morgan fingerprint density at radius 1 is 1.18 bits per heavy atom. The van der Waals surface area contributed by atoms with E-state index in [1.165, 1.54) is 5.56 Å². The van der Waals surface area contributed by atoms with E-state index in [4.69, 9.17) is 0 Å². The first-order chi connectivity index (χ1) is 8.20. The van der Waals surface area contributed by atoms with Gasteiger partial charge in [-0.3, -0.25) is 4.79 Å². The van der Waals surface area contributed by atoms with Gasteiger partial charge in [0.2, 0.25) is 5.91 Å². The van der Waals surface area contributed by atoms with E-state index in [-0.39, 0.29) is 11.9 Å². The summed E-state index contributed by atoms with van der Waals surface area (Å²) in [5.41, 5.74) is 1.22. The molecule has 0 aliphatic carbocycles. The normalized spacial score (nSPS) is 11.1. The van der Waals surface area contributed by atoms with Gasteiger partial charge in [-0.25, -0.2) is 0 Å². The van der Waals surface area contributed by atoms with Gasteiger partial charge in [0.15, 0.2) is 0 Å². The van der Waals surface area contributed by atoms with Gasteiger partial charge in [0, 0.05) is 13.5 Å². The molecule has 0 aromatic heterocycles. The first-order valence-electron chi connectivity index (χ1n) is 6.52. The molecule has 0 heterocycles. The molecule has 0 fully saturated rings. The van der Waals surface area contributed by atoms with Gasteiger partial charge in [0.25, 0.3) is 0 Å². The predicted octanol–water partition coefficient (Wildman–Crippen LogP) is 4.03. The summed E-state index contributed by atoms with van der Waals surface area (Å²) in [7, 11) is 0. The van der Waals surface area contributed by atoms with Gasteiger partial charge in [-0.05, 0) is 18.9 Å². The van der Waals surface area contributed by atoms with Crippen LogP contribution in [0.1, 0.15) is 52.6 Å². The van der Waals surface area contributed by atoms with Crippen LogP contribution in [-0.2, 0) is 4.79 Å². The van der Waals surface area contributed by atoms with Crippen LogP contribution in [0.4, 0.5) is 0 Å². The van der Waals surface area contributed by atoms with Gasteiger partial charge < -0.3 is 4.90 Å². The summed E-state index contributed by atoms with van der Waals surface area (Å²) in [6.07, 6.45) is 0.956. The molecule has 1 aromatic rings. The molecule has 0 aliphatic heterocycles. The lowest BCUT2D eigenvalue weighted by molar-refractivity contribution is -0.131. The van der Waals surface area contributed by atoms with E-state index in [0.29, 0.717) is 0 Å². The number of carbonyl (C=O) groups excluding carboxylic acids is 1. The lowest BCUT2D eigenvalue weighted by Crippen LogP contribution is -2.32. The van der Waals surface area contributed by atoms with Gasteiger partial charge in [-0.2, -0.15) is 0 Å². The summed E-state index contributed by atoms with van der Waals surface area (Å²) in [6, 6.07) is 10.4. The van der Waals surface area contributed by atoms with Crippen LogP contribution in [0.3, 0.4) is 0 Å². The average molecular weight is 235 g/mol. The Hall–Kier alpha value is -1.31. The highest BCUT2D eigenvalue weighted by Crippen LogP contribution is 2.23. The van der Waals surface area contributed by atoms with Crippen molar-refractivity contribution in [1.29, 1.82) is 0 Å². The van der Waals surface area contributed by atoms with Gasteiger partial charge in [0.05, 0.1) is 6.04 Å².